The second-order valence-electron chi connectivity index (χ2n) is 16.1. The Kier molecular flexibility index (Phi) is 6.49. The number of fused-ring (bicyclic) bond motifs is 18. The number of para-hydroxylation sites is 3. The summed E-state index contributed by atoms with van der Waals surface area (Å²) in [5.74, 6) is 0.750. The molecule has 0 bridgehead atoms. The molecule has 0 radical (unpaired) electrons. The fourth-order valence-electron chi connectivity index (χ4n) is 10.3. The van der Waals surface area contributed by atoms with Gasteiger partial charge in [0.1, 0.15) is 16.8 Å². The topological polar surface area (TPSA) is 48.8 Å². The third-order valence-electron chi connectivity index (χ3n) is 12.9. The summed E-state index contributed by atoms with van der Waals surface area (Å²) >= 11 is 0. The van der Waals surface area contributed by atoms with Gasteiger partial charge < -0.3 is 8.98 Å². The number of hydrogen-bond donors (Lipinski definition) is 0. The minimum atomic E-state index is 0.512. The monoisotopic (exact) mass is 776 g/mol. The van der Waals surface area contributed by atoms with Crippen LogP contribution in [0.5, 0.6) is 0 Å². The fraction of sp³-hybridized carbons (Fsp3) is 0. The van der Waals surface area contributed by atoms with Crippen molar-refractivity contribution in [2.75, 3.05) is 0 Å². The van der Waals surface area contributed by atoms with Crippen molar-refractivity contribution in [1.82, 2.24) is 19.1 Å². The van der Waals surface area contributed by atoms with E-state index in [1.54, 1.807) is 0 Å². The lowest BCUT2D eigenvalue weighted by molar-refractivity contribution is 0.653. The third kappa shape index (κ3) is 4.44. The van der Waals surface area contributed by atoms with Gasteiger partial charge in [-0.05, 0) is 86.2 Å². The van der Waals surface area contributed by atoms with E-state index in [0.717, 1.165) is 61.3 Å². The van der Waals surface area contributed by atoms with E-state index in [1.165, 1.54) is 64.6 Å². The number of nitrogens with zero attached hydrogens (tertiary/aromatic N) is 4. The van der Waals surface area contributed by atoms with Gasteiger partial charge >= 0.3 is 0 Å². The van der Waals surface area contributed by atoms with Crippen molar-refractivity contribution in [2.24, 2.45) is 0 Å². The van der Waals surface area contributed by atoms with Crippen molar-refractivity contribution in [2.45, 2.75) is 0 Å². The quantitative estimate of drug-likeness (QED) is 0.168. The molecule has 4 heterocycles. The fourth-order valence-corrected chi connectivity index (χ4v) is 10.3. The van der Waals surface area contributed by atoms with E-state index in [2.05, 4.69) is 185 Å². The number of hydrogen-bond acceptors (Lipinski definition) is 3. The van der Waals surface area contributed by atoms with Crippen LogP contribution in [-0.2, 0) is 0 Å². The first-order chi connectivity index (χ1) is 30.3. The summed E-state index contributed by atoms with van der Waals surface area (Å²) in [4.78, 5) is 11.1. The second-order valence-corrected chi connectivity index (χ2v) is 16.1. The zero-order chi connectivity index (χ0) is 39.8. The molecule has 0 aliphatic carbocycles. The van der Waals surface area contributed by atoms with E-state index < -0.39 is 0 Å². The van der Waals surface area contributed by atoms with Gasteiger partial charge in [0, 0.05) is 43.6 Å². The Hall–Kier alpha value is -8.28. The molecule has 0 spiro atoms. The first kappa shape index (κ1) is 32.7. The molecule has 5 heteroatoms. The maximum Gasteiger partial charge on any atom is 0.247 e. The summed E-state index contributed by atoms with van der Waals surface area (Å²) in [6, 6.07) is 69.6. The lowest BCUT2D eigenvalue weighted by Crippen LogP contribution is -2.03. The molecule has 5 nitrogen and oxygen atoms in total. The normalized spacial score (nSPS) is 12.3. The van der Waals surface area contributed by atoms with Crippen LogP contribution in [0.15, 0.2) is 199 Å². The molecule has 14 aromatic rings. The summed E-state index contributed by atoms with van der Waals surface area (Å²) < 4.78 is 11.2. The van der Waals surface area contributed by atoms with Gasteiger partial charge in [0.2, 0.25) is 5.71 Å². The highest BCUT2D eigenvalue weighted by Gasteiger charge is 2.25. The van der Waals surface area contributed by atoms with Gasteiger partial charge in [-0.25, -0.2) is 9.97 Å². The van der Waals surface area contributed by atoms with Crippen molar-refractivity contribution in [1.29, 1.82) is 0 Å². The summed E-state index contributed by atoms with van der Waals surface area (Å²) in [6.45, 7) is 0. The van der Waals surface area contributed by atoms with Gasteiger partial charge in [0.25, 0.3) is 0 Å². The van der Waals surface area contributed by atoms with Gasteiger partial charge in [-0.2, -0.15) is 0 Å². The Morgan fingerprint density at radius 1 is 0.361 bits per heavy atom. The highest BCUT2D eigenvalue weighted by atomic mass is 16.3. The average molecular weight is 777 g/mol. The molecule has 0 amide bonds. The van der Waals surface area contributed by atoms with Gasteiger partial charge in [0.15, 0.2) is 5.82 Å². The molecule has 0 unspecified atom stereocenters. The standard InChI is InChI=1S/C56H32N4O/c1-2-15-35(16-3-1)59-45-24-12-10-21-40(45)41-28-26-34(32-48(41)59)53-55(57-54-44-23-11-13-25-49(44)61-56(54)58-53)60-46-30-27-33-14-4-5-17-36(33)51(46)52-47(60)31-29-43-39-20-7-6-18-37(39)38-19-8-9-22-42(38)50(43)52/h1-32H. The third-order valence-corrected chi connectivity index (χ3v) is 12.9. The SMILES string of the molecule is c1ccc(-n2c3ccccc3c3ccc(-c4nc5oc6ccccc6c5nc4-n4c5ccc6ccccc6c5c5c6c7ccccc7c7ccccc7c6ccc54)cc32)cc1. The van der Waals surface area contributed by atoms with Crippen molar-refractivity contribution in [3.8, 4) is 22.8 Å². The summed E-state index contributed by atoms with van der Waals surface area (Å²) in [5.41, 5.74) is 9.20. The Labute approximate surface area is 347 Å². The Morgan fingerprint density at radius 2 is 0.951 bits per heavy atom. The summed E-state index contributed by atoms with van der Waals surface area (Å²) in [7, 11) is 0. The number of rotatable bonds is 3. The zero-order valence-electron chi connectivity index (χ0n) is 32.7. The van der Waals surface area contributed by atoms with E-state index in [-0.39, 0.29) is 0 Å². The van der Waals surface area contributed by atoms with Crippen LogP contribution in [0.2, 0.25) is 0 Å². The van der Waals surface area contributed by atoms with Gasteiger partial charge in [-0.15, -0.1) is 0 Å². The van der Waals surface area contributed by atoms with Gasteiger partial charge in [-0.1, -0.05) is 146 Å². The average Bonchev–Trinajstić information content (AvgIpc) is 3.98. The molecule has 0 atom stereocenters. The molecular weight excluding hydrogens is 745 g/mol. The number of benzene rings is 10. The zero-order valence-corrected chi connectivity index (χ0v) is 32.7. The molecule has 0 aliphatic rings. The molecular formula is C56H32N4O. The molecule has 14 rings (SSSR count). The molecule has 0 fully saturated rings. The first-order valence-corrected chi connectivity index (χ1v) is 20.8. The van der Waals surface area contributed by atoms with Crippen LogP contribution in [0.1, 0.15) is 0 Å². The highest BCUT2D eigenvalue weighted by Crippen LogP contribution is 2.47. The van der Waals surface area contributed by atoms with E-state index in [9.17, 15) is 0 Å². The maximum absolute atomic E-state index is 6.51. The lowest BCUT2D eigenvalue weighted by atomic mass is 9.91. The minimum absolute atomic E-state index is 0.512. The summed E-state index contributed by atoms with van der Waals surface area (Å²) in [5, 5.41) is 15.6. The molecule has 61 heavy (non-hydrogen) atoms. The largest absolute Gasteiger partial charge is 0.436 e. The first-order valence-electron chi connectivity index (χ1n) is 20.8. The van der Waals surface area contributed by atoms with E-state index in [0.29, 0.717) is 5.71 Å². The molecule has 0 aliphatic heterocycles. The molecule has 4 aromatic heterocycles. The molecule has 282 valence electrons. The predicted molar refractivity (Wildman–Crippen MR) is 253 cm³/mol. The van der Waals surface area contributed by atoms with Crippen LogP contribution in [0.25, 0.3) is 132 Å². The van der Waals surface area contributed by atoms with Crippen LogP contribution in [0, 0.1) is 0 Å². The highest BCUT2D eigenvalue weighted by molar-refractivity contribution is 6.38. The Balaban J connectivity index is 1.18. The molecule has 10 aromatic carbocycles. The van der Waals surface area contributed by atoms with Crippen LogP contribution in [0.3, 0.4) is 0 Å². The van der Waals surface area contributed by atoms with E-state index >= 15 is 0 Å². The number of aromatic nitrogens is 4. The van der Waals surface area contributed by atoms with Gasteiger partial charge in [0.05, 0.1) is 22.1 Å². The summed E-state index contributed by atoms with van der Waals surface area (Å²) in [6.07, 6.45) is 0. The van der Waals surface area contributed by atoms with Crippen LogP contribution in [0.4, 0.5) is 0 Å². The smallest absolute Gasteiger partial charge is 0.247 e. The number of furan rings is 1. The van der Waals surface area contributed by atoms with E-state index in [4.69, 9.17) is 14.4 Å². The van der Waals surface area contributed by atoms with Crippen LogP contribution >= 0.6 is 0 Å². The maximum atomic E-state index is 6.51. The van der Waals surface area contributed by atoms with Crippen molar-refractivity contribution < 1.29 is 4.42 Å². The van der Waals surface area contributed by atoms with Crippen molar-refractivity contribution in [3.63, 3.8) is 0 Å². The van der Waals surface area contributed by atoms with Crippen molar-refractivity contribution in [3.05, 3.63) is 194 Å². The predicted octanol–water partition coefficient (Wildman–Crippen LogP) is 14.8. The minimum Gasteiger partial charge on any atom is -0.436 e. The lowest BCUT2D eigenvalue weighted by Gasteiger charge is -2.14. The molecule has 0 saturated carbocycles. The molecule has 0 N–H and O–H groups in total. The van der Waals surface area contributed by atoms with Crippen LogP contribution in [-0.4, -0.2) is 19.1 Å². The van der Waals surface area contributed by atoms with Crippen molar-refractivity contribution >= 4 is 109 Å². The van der Waals surface area contributed by atoms with Crippen LogP contribution < -0.4 is 0 Å². The van der Waals surface area contributed by atoms with E-state index in [1.807, 2.05) is 18.2 Å². The Morgan fingerprint density at radius 3 is 1.77 bits per heavy atom. The Bertz CT molecular complexity index is 4140. The molecule has 0 saturated heterocycles. The van der Waals surface area contributed by atoms with Gasteiger partial charge in [-0.3, -0.25) is 4.57 Å². The second kappa shape index (κ2) is 12.1.